The van der Waals surface area contributed by atoms with Crippen LogP contribution < -0.4 is 0 Å². The zero-order valence-corrected chi connectivity index (χ0v) is 11.9. The molecule has 0 saturated heterocycles. The molecular weight excluding hydrogens is 278 g/mol. The molecule has 3 heteroatoms. The van der Waals surface area contributed by atoms with Gasteiger partial charge in [0.2, 0.25) is 0 Å². The number of benzene rings is 1. The van der Waals surface area contributed by atoms with Gasteiger partial charge in [0.05, 0.1) is 6.61 Å². The van der Waals surface area contributed by atoms with Crippen molar-refractivity contribution in [3.8, 4) is 0 Å². The molecule has 0 aliphatic carbocycles. The van der Waals surface area contributed by atoms with E-state index in [2.05, 4.69) is 46.0 Å². The summed E-state index contributed by atoms with van der Waals surface area (Å²) in [5.74, 6) is 0. The molecule has 0 amide bonds. The highest BCUT2D eigenvalue weighted by molar-refractivity contribution is 9.11. The molecule has 0 radical (unpaired) electrons. The third-order valence-electron chi connectivity index (χ3n) is 2.45. The zero-order valence-electron chi connectivity index (χ0n) is 10.3. The Morgan fingerprint density at radius 1 is 1.29 bits per heavy atom. The maximum absolute atomic E-state index is 8.99. The zero-order chi connectivity index (χ0) is 12.5. The lowest BCUT2D eigenvalue weighted by Crippen LogP contribution is -2.28. The van der Waals surface area contributed by atoms with Crippen molar-refractivity contribution >= 4 is 22.0 Å². The maximum atomic E-state index is 8.99. The Bertz CT molecular complexity index is 331. The van der Waals surface area contributed by atoms with E-state index in [4.69, 9.17) is 5.11 Å². The van der Waals surface area contributed by atoms with Crippen molar-refractivity contribution < 1.29 is 5.11 Å². The smallest absolute Gasteiger partial charge is 0.0558 e. The number of rotatable bonds is 7. The maximum Gasteiger partial charge on any atom is 0.0558 e. The minimum atomic E-state index is 0.214. The quantitative estimate of drug-likeness (QED) is 0.836. The van der Waals surface area contributed by atoms with Gasteiger partial charge in [0, 0.05) is 17.6 Å². The van der Waals surface area contributed by atoms with E-state index in [0.717, 1.165) is 30.5 Å². The van der Waals surface area contributed by atoms with Crippen molar-refractivity contribution in [1.82, 2.24) is 4.90 Å². The van der Waals surface area contributed by atoms with Gasteiger partial charge in [-0.1, -0.05) is 53.2 Å². The lowest BCUT2D eigenvalue weighted by Gasteiger charge is -2.20. The van der Waals surface area contributed by atoms with Crippen LogP contribution in [0.1, 0.15) is 18.9 Å². The average Bonchev–Trinajstić information content (AvgIpc) is 2.30. The van der Waals surface area contributed by atoms with Crippen LogP contribution in [0.5, 0.6) is 0 Å². The molecule has 0 aliphatic heterocycles. The third-order valence-corrected chi connectivity index (χ3v) is 2.93. The van der Waals surface area contributed by atoms with E-state index < -0.39 is 0 Å². The number of hydrogen-bond donors (Lipinski definition) is 1. The summed E-state index contributed by atoms with van der Waals surface area (Å²) in [5, 5.41) is 8.99. The Morgan fingerprint density at radius 3 is 2.59 bits per heavy atom. The highest BCUT2D eigenvalue weighted by Gasteiger charge is 2.04. The molecule has 0 spiro atoms. The lowest BCUT2D eigenvalue weighted by molar-refractivity contribution is 0.208. The van der Waals surface area contributed by atoms with Crippen LogP contribution in [0, 0.1) is 0 Å². The van der Waals surface area contributed by atoms with E-state index in [1.165, 1.54) is 5.56 Å². The van der Waals surface area contributed by atoms with E-state index in [-0.39, 0.29) is 6.61 Å². The van der Waals surface area contributed by atoms with Gasteiger partial charge in [-0.15, -0.1) is 0 Å². The Balaban J connectivity index is 2.57. The second kappa shape index (κ2) is 8.45. The van der Waals surface area contributed by atoms with Crippen molar-refractivity contribution in [3.63, 3.8) is 0 Å². The summed E-state index contributed by atoms with van der Waals surface area (Å²) >= 11 is 3.59. The summed E-state index contributed by atoms with van der Waals surface area (Å²) in [6.07, 6.45) is 3.23. The number of halogens is 1. The van der Waals surface area contributed by atoms with Gasteiger partial charge in [0.25, 0.3) is 0 Å². The van der Waals surface area contributed by atoms with Crippen LogP contribution in [0.2, 0.25) is 0 Å². The second-order valence-corrected chi connectivity index (χ2v) is 5.02. The van der Waals surface area contributed by atoms with Crippen LogP contribution in [0.3, 0.4) is 0 Å². The van der Waals surface area contributed by atoms with E-state index >= 15 is 0 Å². The molecule has 0 aromatic heterocycles. The Kier molecular flexibility index (Phi) is 7.17. The van der Waals surface area contributed by atoms with Crippen molar-refractivity contribution in [2.75, 3.05) is 26.2 Å². The van der Waals surface area contributed by atoms with Crippen molar-refractivity contribution in [3.05, 3.63) is 40.4 Å². The van der Waals surface area contributed by atoms with Gasteiger partial charge in [0.15, 0.2) is 0 Å². The van der Waals surface area contributed by atoms with E-state index in [1.54, 1.807) is 0 Å². The molecule has 1 rings (SSSR count). The van der Waals surface area contributed by atoms with Gasteiger partial charge in [-0.2, -0.15) is 0 Å². The van der Waals surface area contributed by atoms with Crippen LogP contribution in [-0.2, 0) is 0 Å². The first-order valence-electron chi connectivity index (χ1n) is 6.00. The van der Waals surface area contributed by atoms with Gasteiger partial charge in [-0.3, -0.25) is 4.90 Å². The number of aliphatic hydroxyl groups is 1. The minimum absolute atomic E-state index is 0.214. The summed E-state index contributed by atoms with van der Waals surface area (Å²) in [7, 11) is 0. The van der Waals surface area contributed by atoms with Gasteiger partial charge in [-0.05, 0) is 24.6 Å². The summed E-state index contributed by atoms with van der Waals surface area (Å²) in [5.41, 5.74) is 1.19. The van der Waals surface area contributed by atoms with E-state index in [9.17, 15) is 0 Å². The van der Waals surface area contributed by atoms with Crippen LogP contribution >= 0.6 is 15.9 Å². The molecule has 0 bridgehead atoms. The first kappa shape index (κ1) is 14.4. The molecule has 2 nitrogen and oxygen atoms in total. The van der Waals surface area contributed by atoms with Gasteiger partial charge >= 0.3 is 0 Å². The average molecular weight is 298 g/mol. The molecule has 1 aromatic rings. The summed E-state index contributed by atoms with van der Waals surface area (Å²) in [6, 6.07) is 10.2. The first-order valence-corrected chi connectivity index (χ1v) is 6.80. The topological polar surface area (TPSA) is 23.5 Å². The van der Waals surface area contributed by atoms with Crippen molar-refractivity contribution in [2.45, 2.75) is 13.3 Å². The monoisotopic (exact) mass is 297 g/mol. The van der Waals surface area contributed by atoms with Gasteiger partial charge in [0.1, 0.15) is 0 Å². The number of nitrogens with zero attached hydrogens (tertiary/aromatic N) is 1. The molecule has 0 saturated carbocycles. The molecular formula is C14H20BrNO. The summed E-state index contributed by atoms with van der Waals surface area (Å²) in [6.45, 7) is 4.96. The summed E-state index contributed by atoms with van der Waals surface area (Å²) in [4.78, 5) is 2.24. The molecule has 17 heavy (non-hydrogen) atoms. The molecule has 1 aromatic carbocycles. The van der Waals surface area contributed by atoms with E-state index in [0.29, 0.717) is 0 Å². The molecule has 0 aliphatic rings. The fourth-order valence-electron chi connectivity index (χ4n) is 1.72. The number of hydrogen-bond acceptors (Lipinski definition) is 2. The predicted octanol–water partition coefficient (Wildman–Crippen LogP) is 3.13. The fraction of sp³-hybridized carbons (Fsp3) is 0.429. The standard InChI is InChI=1S/C14H20BrNO/c1-2-8-16(9-10-17)12-14(15)11-13-6-4-3-5-7-13/h3-7,11,17H,2,8-10,12H2,1H3. The third kappa shape index (κ3) is 6.01. The lowest BCUT2D eigenvalue weighted by atomic mass is 10.2. The van der Waals surface area contributed by atoms with Crippen molar-refractivity contribution in [2.24, 2.45) is 0 Å². The largest absolute Gasteiger partial charge is 0.395 e. The van der Waals surface area contributed by atoms with Crippen LogP contribution in [0.25, 0.3) is 6.08 Å². The Hall–Kier alpha value is -0.640. The molecule has 94 valence electrons. The Morgan fingerprint density at radius 2 is 2.00 bits per heavy atom. The summed E-state index contributed by atoms with van der Waals surface area (Å²) < 4.78 is 1.14. The van der Waals surface area contributed by atoms with Crippen LogP contribution in [-0.4, -0.2) is 36.2 Å². The molecule has 0 atom stereocenters. The van der Waals surface area contributed by atoms with Gasteiger partial charge in [-0.25, -0.2) is 0 Å². The molecule has 0 heterocycles. The SMILES string of the molecule is CCCN(CCO)CC(Br)=Cc1ccccc1. The molecule has 0 fully saturated rings. The minimum Gasteiger partial charge on any atom is -0.395 e. The van der Waals surface area contributed by atoms with Crippen molar-refractivity contribution in [1.29, 1.82) is 0 Å². The number of aliphatic hydroxyl groups excluding tert-OH is 1. The van der Waals surface area contributed by atoms with Gasteiger partial charge < -0.3 is 5.11 Å². The highest BCUT2D eigenvalue weighted by atomic mass is 79.9. The van der Waals surface area contributed by atoms with Crippen LogP contribution in [0.4, 0.5) is 0 Å². The molecule has 0 unspecified atom stereocenters. The van der Waals surface area contributed by atoms with E-state index in [1.807, 2.05) is 18.2 Å². The highest BCUT2D eigenvalue weighted by Crippen LogP contribution is 2.13. The normalized spacial score (nSPS) is 12.1. The second-order valence-electron chi connectivity index (χ2n) is 4.00. The Labute approximate surface area is 112 Å². The fourth-order valence-corrected chi connectivity index (χ4v) is 2.34. The predicted molar refractivity (Wildman–Crippen MR) is 77.2 cm³/mol. The molecule has 1 N–H and O–H groups in total. The first-order chi connectivity index (χ1) is 8.26. The van der Waals surface area contributed by atoms with Crippen LogP contribution in [0.15, 0.2) is 34.8 Å².